The van der Waals surface area contributed by atoms with E-state index < -0.39 is 27.5 Å². The Balaban J connectivity index is 1.43. The maximum Gasteiger partial charge on any atom is 0.534 e. The van der Waals surface area contributed by atoms with Crippen molar-refractivity contribution >= 4 is 21.7 Å². The van der Waals surface area contributed by atoms with Crippen LogP contribution in [0.4, 0.5) is 18.0 Å². The molecule has 0 radical (unpaired) electrons. The molecule has 1 atom stereocenters. The number of carbonyl (C=O) groups is 1. The lowest BCUT2D eigenvalue weighted by Crippen LogP contribution is -2.54. The SMILES string of the molecule is Cc1c(-c2cc(OS(=O)(=O)C(F)(F)F)c3c(C#N)cnn3c2)cnn1C1CN([C@H]2CCN(C(=O)O)C2)C1. The van der Waals surface area contributed by atoms with Gasteiger partial charge < -0.3 is 14.2 Å². The number of rotatable bonds is 5. The largest absolute Gasteiger partial charge is 0.534 e. The molecule has 2 aliphatic rings. The van der Waals surface area contributed by atoms with Crippen molar-refractivity contribution in [3.05, 3.63) is 35.9 Å². The van der Waals surface area contributed by atoms with Gasteiger partial charge in [0.25, 0.3) is 0 Å². The van der Waals surface area contributed by atoms with Crippen LogP contribution in [0.25, 0.3) is 16.6 Å². The van der Waals surface area contributed by atoms with E-state index in [-0.39, 0.29) is 23.2 Å². The molecule has 0 aromatic carbocycles. The molecule has 3 aromatic rings. The first-order chi connectivity index (χ1) is 17.4. The number of aromatic nitrogens is 4. The predicted molar refractivity (Wildman–Crippen MR) is 120 cm³/mol. The van der Waals surface area contributed by atoms with Crippen LogP contribution in [0, 0.1) is 18.3 Å². The summed E-state index contributed by atoms with van der Waals surface area (Å²) < 4.78 is 69.8. The van der Waals surface area contributed by atoms with Gasteiger partial charge in [0, 0.05) is 55.2 Å². The van der Waals surface area contributed by atoms with E-state index in [0.717, 1.165) is 23.2 Å². The highest BCUT2D eigenvalue weighted by Crippen LogP contribution is 2.36. The molecule has 37 heavy (non-hydrogen) atoms. The standard InChI is InChI=1S/C21H20F3N7O5S/c1-12-17(7-27-31(12)16-10-29(11-16)15-2-3-28(9-15)20(32)33)13-4-18(36-37(34,35)21(22,23)24)19-14(5-25)6-26-30(19)8-13/h4,6-8,15-16H,2-3,9-11H2,1H3,(H,32,33)/t15-/m0/s1. The number of nitriles is 1. The Bertz CT molecular complexity index is 1540. The second kappa shape index (κ2) is 8.63. The van der Waals surface area contributed by atoms with Crippen molar-refractivity contribution in [3.63, 3.8) is 0 Å². The van der Waals surface area contributed by atoms with Crippen molar-refractivity contribution in [2.75, 3.05) is 26.2 Å². The van der Waals surface area contributed by atoms with Crippen molar-refractivity contribution in [2.24, 2.45) is 0 Å². The van der Waals surface area contributed by atoms with Crippen LogP contribution >= 0.6 is 0 Å². The van der Waals surface area contributed by atoms with Crippen LogP contribution in [0.3, 0.4) is 0 Å². The fourth-order valence-corrected chi connectivity index (χ4v) is 5.23. The number of hydrogen-bond donors (Lipinski definition) is 1. The molecule has 16 heteroatoms. The molecule has 0 bridgehead atoms. The lowest BCUT2D eigenvalue weighted by atomic mass is 10.0. The quantitative estimate of drug-likeness (QED) is 0.381. The Hall–Kier alpha value is -3.84. The van der Waals surface area contributed by atoms with Crippen molar-refractivity contribution in [1.29, 1.82) is 5.26 Å². The number of likely N-dealkylation sites (tertiary alicyclic amines) is 2. The predicted octanol–water partition coefficient (Wildman–Crippen LogP) is 2.22. The third-order valence-corrected chi connectivity index (χ3v) is 7.69. The fraction of sp³-hybridized carbons (Fsp3) is 0.429. The molecule has 1 amide bonds. The topological polar surface area (TPSA) is 146 Å². The van der Waals surface area contributed by atoms with E-state index in [1.807, 2.05) is 0 Å². The summed E-state index contributed by atoms with van der Waals surface area (Å²) in [4.78, 5) is 14.7. The molecule has 1 N–H and O–H groups in total. The molecular weight excluding hydrogens is 519 g/mol. The van der Waals surface area contributed by atoms with Crippen LogP contribution in [0.5, 0.6) is 5.75 Å². The van der Waals surface area contributed by atoms with Crippen LogP contribution in [-0.2, 0) is 10.1 Å². The zero-order chi connectivity index (χ0) is 26.7. The number of nitrogens with zero attached hydrogens (tertiary/aromatic N) is 7. The highest BCUT2D eigenvalue weighted by molar-refractivity contribution is 7.88. The molecule has 5 rings (SSSR count). The number of halogens is 3. The van der Waals surface area contributed by atoms with E-state index in [1.165, 1.54) is 17.3 Å². The Morgan fingerprint density at radius 1 is 1.22 bits per heavy atom. The van der Waals surface area contributed by atoms with Gasteiger partial charge in [0.1, 0.15) is 17.1 Å². The molecule has 0 saturated carbocycles. The van der Waals surface area contributed by atoms with Crippen LogP contribution < -0.4 is 4.18 Å². The van der Waals surface area contributed by atoms with Crippen LogP contribution in [0.1, 0.15) is 23.7 Å². The Morgan fingerprint density at radius 3 is 2.57 bits per heavy atom. The summed E-state index contributed by atoms with van der Waals surface area (Å²) in [6, 6.07) is 3.01. The van der Waals surface area contributed by atoms with Gasteiger partial charge in [-0.05, 0) is 19.4 Å². The monoisotopic (exact) mass is 539 g/mol. The number of hydrogen-bond acceptors (Lipinski definition) is 8. The maximum atomic E-state index is 13.0. The van der Waals surface area contributed by atoms with Crippen molar-refractivity contribution < 1.29 is 35.7 Å². The van der Waals surface area contributed by atoms with Gasteiger partial charge in [-0.2, -0.15) is 37.0 Å². The minimum atomic E-state index is -6.00. The number of fused-ring (bicyclic) bond motifs is 1. The van der Waals surface area contributed by atoms with Gasteiger partial charge in [0.2, 0.25) is 0 Å². The minimum Gasteiger partial charge on any atom is -0.465 e. The molecule has 0 aliphatic carbocycles. The average Bonchev–Trinajstić information content (AvgIpc) is 3.51. The van der Waals surface area contributed by atoms with E-state index in [0.29, 0.717) is 43.0 Å². The van der Waals surface area contributed by atoms with Gasteiger partial charge in [-0.15, -0.1) is 0 Å². The molecular formula is C21H20F3N7O5S. The van der Waals surface area contributed by atoms with Gasteiger partial charge in [-0.1, -0.05) is 0 Å². The average molecular weight is 539 g/mol. The summed E-state index contributed by atoms with van der Waals surface area (Å²) >= 11 is 0. The highest BCUT2D eigenvalue weighted by atomic mass is 32.2. The van der Waals surface area contributed by atoms with Crippen LogP contribution in [0.2, 0.25) is 0 Å². The van der Waals surface area contributed by atoms with Gasteiger partial charge in [-0.3, -0.25) is 9.58 Å². The lowest BCUT2D eigenvalue weighted by Gasteiger charge is -2.43. The first-order valence-corrected chi connectivity index (χ1v) is 12.5. The smallest absolute Gasteiger partial charge is 0.465 e. The normalized spacial score (nSPS) is 19.2. The molecule has 2 fully saturated rings. The van der Waals surface area contributed by atoms with Gasteiger partial charge in [0.05, 0.1) is 18.4 Å². The van der Waals surface area contributed by atoms with Gasteiger partial charge in [-0.25, -0.2) is 9.31 Å². The summed E-state index contributed by atoms with van der Waals surface area (Å²) in [6.45, 7) is 4.02. The van der Waals surface area contributed by atoms with Crippen molar-refractivity contribution in [1.82, 2.24) is 29.2 Å². The number of amides is 1. The summed E-state index contributed by atoms with van der Waals surface area (Å²) in [5.41, 5.74) is -4.55. The molecule has 2 aliphatic heterocycles. The number of alkyl halides is 3. The van der Waals surface area contributed by atoms with Crippen molar-refractivity contribution in [3.8, 4) is 22.9 Å². The van der Waals surface area contributed by atoms with Gasteiger partial charge >= 0.3 is 21.7 Å². The molecule has 0 unspecified atom stereocenters. The first kappa shape index (κ1) is 24.8. The number of pyridine rings is 1. The minimum absolute atomic E-state index is 0.00702. The Morgan fingerprint density at radius 2 is 1.95 bits per heavy atom. The molecule has 3 aromatic heterocycles. The van der Waals surface area contributed by atoms with E-state index in [9.17, 15) is 31.6 Å². The third-order valence-electron chi connectivity index (χ3n) is 6.72. The summed E-state index contributed by atoms with van der Waals surface area (Å²) in [7, 11) is -6.00. The van der Waals surface area contributed by atoms with E-state index >= 15 is 0 Å². The second-order valence-electron chi connectivity index (χ2n) is 8.91. The molecule has 5 heterocycles. The molecule has 2 saturated heterocycles. The first-order valence-electron chi connectivity index (χ1n) is 11.1. The van der Waals surface area contributed by atoms with Gasteiger partial charge in [0.15, 0.2) is 5.75 Å². The molecule has 0 spiro atoms. The van der Waals surface area contributed by atoms with E-state index in [4.69, 9.17) is 5.11 Å². The zero-order valence-corrected chi connectivity index (χ0v) is 20.1. The van der Waals surface area contributed by atoms with Crippen molar-refractivity contribution in [2.45, 2.75) is 30.9 Å². The zero-order valence-electron chi connectivity index (χ0n) is 19.3. The van der Waals surface area contributed by atoms with E-state index in [2.05, 4.69) is 19.3 Å². The van der Waals surface area contributed by atoms with Crippen LogP contribution in [-0.4, -0.2) is 86.5 Å². The Kier molecular flexibility index (Phi) is 5.79. The summed E-state index contributed by atoms with van der Waals surface area (Å²) in [5, 5.41) is 26.8. The fourth-order valence-electron chi connectivity index (χ4n) is 4.77. The lowest BCUT2D eigenvalue weighted by molar-refractivity contribution is -0.0499. The maximum absolute atomic E-state index is 13.0. The molecule has 12 nitrogen and oxygen atoms in total. The number of carboxylic acid groups (broad SMARTS) is 1. The van der Waals surface area contributed by atoms with Crippen LogP contribution in [0.15, 0.2) is 24.7 Å². The Labute approximate surface area is 208 Å². The summed E-state index contributed by atoms with van der Waals surface area (Å²) in [5.74, 6) is -0.685. The highest BCUT2D eigenvalue weighted by Gasteiger charge is 2.49. The summed E-state index contributed by atoms with van der Waals surface area (Å²) in [6.07, 6.45) is 3.87. The molecule has 196 valence electrons. The third kappa shape index (κ3) is 4.23. The second-order valence-corrected chi connectivity index (χ2v) is 10.4. The van der Waals surface area contributed by atoms with E-state index in [1.54, 1.807) is 17.7 Å².